The highest BCUT2D eigenvalue weighted by Gasteiger charge is 2.21. The number of carbonyl (C=O) groups excluding carboxylic acids is 1. The lowest BCUT2D eigenvalue weighted by Crippen LogP contribution is -2.20. The van der Waals surface area contributed by atoms with E-state index in [1.165, 1.54) is 17.8 Å². The van der Waals surface area contributed by atoms with Crippen LogP contribution >= 0.6 is 0 Å². The van der Waals surface area contributed by atoms with Gasteiger partial charge in [0.25, 0.3) is 0 Å². The molecule has 1 heterocycles. The van der Waals surface area contributed by atoms with Crippen molar-refractivity contribution in [1.29, 1.82) is 0 Å². The SMILES string of the molecule is CCC(C(=O)O)n1nncc1-c1ccc(NC(C)=O)cc1. The Kier molecular flexibility index (Phi) is 4.32. The average Bonchev–Trinajstić information content (AvgIpc) is 2.88. The zero-order valence-corrected chi connectivity index (χ0v) is 11.8. The molecule has 0 bridgehead atoms. The first kappa shape index (κ1) is 14.7. The summed E-state index contributed by atoms with van der Waals surface area (Å²) in [5, 5.41) is 19.6. The number of amides is 1. The molecule has 0 fully saturated rings. The molecule has 0 aliphatic carbocycles. The number of aromatic nitrogens is 3. The number of carboxylic acid groups (broad SMARTS) is 1. The van der Waals surface area contributed by atoms with Gasteiger partial charge in [0.05, 0.1) is 11.9 Å². The van der Waals surface area contributed by atoms with Crippen molar-refractivity contribution in [2.75, 3.05) is 5.32 Å². The Hall–Kier alpha value is -2.70. The van der Waals surface area contributed by atoms with Crippen LogP contribution in [0.3, 0.4) is 0 Å². The zero-order chi connectivity index (χ0) is 15.4. The normalized spacial score (nSPS) is 11.9. The van der Waals surface area contributed by atoms with Crippen LogP contribution in [-0.2, 0) is 9.59 Å². The summed E-state index contributed by atoms with van der Waals surface area (Å²) >= 11 is 0. The highest BCUT2D eigenvalue weighted by Crippen LogP contribution is 2.24. The zero-order valence-electron chi connectivity index (χ0n) is 11.8. The lowest BCUT2D eigenvalue weighted by Gasteiger charge is -2.13. The molecule has 21 heavy (non-hydrogen) atoms. The van der Waals surface area contributed by atoms with Crippen LogP contribution in [0.2, 0.25) is 0 Å². The molecule has 1 amide bonds. The summed E-state index contributed by atoms with van der Waals surface area (Å²) in [6.45, 7) is 3.22. The number of anilines is 1. The van der Waals surface area contributed by atoms with Crippen molar-refractivity contribution >= 4 is 17.6 Å². The fraction of sp³-hybridized carbons (Fsp3) is 0.286. The first-order valence-corrected chi connectivity index (χ1v) is 6.54. The molecule has 2 rings (SSSR count). The van der Waals surface area contributed by atoms with Gasteiger partial charge in [-0.1, -0.05) is 24.3 Å². The van der Waals surface area contributed by atoms with Gasteiger partial charge in [0.2, 0.25) is 5.91 Å². The van der Waals surface area contributed by atoms with Gasteiger partial charge in [-0.25, -0.2) is 9.48 Å². The molecule has 2 N–H and O–H groups in total. The maximum absolute atomic E-state index is 11.3. The van der Waals surface area contributed by atoms with Crippen LogP contribution in [0, 0.1) is 0 Å². The summed E-state index contributed by atoms with van der Waals surface area (Å²) in [6.07, 6.45) is 1.94. The molecule has 1 atom stereocenters. The predicted molar refractivity (Wildman–Crippen MR) is 76.7 cm³/mol. The molecule has 1 aromatic carbocycles. The van der Waals surface area contributed by atoms with Crippen LogP contribution in [0.4, 0.5) is 5.69 Å². The van der Waals surface area contributed by atoms with E-state index >= 15 is 0 Å². The minimum atomic E-state index is -0.945. The fourth-order valence-electron chi connectivity index (χ4n) is 2.06. The second-order valence-corrected chi connectivity index (χ2v) is 4.58. The molecule has 0 saturated carbocycles. The van der Waals surface area contributed by atoms with Crippen LogP contribution < -0.4 is 5.32 Å². The Balaban J connectivity index is 2.33. The van der Waals surface area contributed by atoms with Crippen LogP contribution in [0.1, 0.15) is 26.3 Å². The lowest BCUT2D eigenvalue weighted by molar-refractivity contribution is -0.141. The number of benzene rings is 1. The van der Waals surface area contributed by atoms with E-state index in [0.717, 1.165) is 5.56 Å². The molecule has 7 heteroatoms. The molecule has 0 spiro atoms. The van der Waals surface area contributed by atoms with Gasteiger partial charge in [0.1, 0.15) is 0 Å². The molecule has 0 saturated heterocycles. The van der Waals surface area contributed by atoms with Crippen LogP contribution in [-0.4, -0.2) is 32.0 Å². The monoisotopic (exact) mass is 288 g/mol. The molecule has 2 aromatic rings. The Morgan fingerprint density at radius 2 is 2.00 bits per heavy atom. The summed E-state index contributed by atoms with van der Waals surface area (Å²) in [5.41, 5.74) is 2.09. The summed E-state index contributed by atoms with van der Waals surface area (Å²) < 4.78 is 1.40. The molecule has 0 aliphatic heterocycles. The number of nitrogens with zero attached hydrogens (tertiary/aromatic N) is 3. The number of hydrogen-bond donors (Lipinski definition) is 2. The van der Waals surface area contributed by atoms with Gasteiger partial charge in [-0.3, -0.25) is 4.79 Å². The van der Waals surface area contributed by atoms with Gasteiger partial charge >= 0.3 is 5.97 Å². The quantitative estimate of drug-likeness (QED) is 0.876. The van der Waals surface area contributed by atoms with Gasteiger partial charge in [-0.15, -0.1) is 5.10 Å². The van der Waals surface area contributed by atoms with Crippen molar-refractivity contribution < 1.29 is 14.7 Å². The number of nitrogens with one attached hydrogen (secondary N) is 1. The van der Waals surface area contributed by atoms with E-state index in [1.54, 1.807) is 31.2 Å². The van der Waals surface area contributed by atoms with Gasteiger partial charge in [0, 0.05) is 18.2 Å². The summed E-state index contributed by atoms with van der Waals surface area (Å²) in [7, 11) is 0. The highest BCUT2D eigenvalue weighted by molar-refractivity contribution is 5.88. The third kappa shape index (κ3) is 3.25. The minimum Gasteiger partial charge on any atom is -0.480 e. The van der Waals surface area contributed by atoms with Crippen LogP contribution in [0.5, 0.6) is 0 Å². The number of carbonyl (C=O) groups is 2. The topological polar surface area (TPSA) is 97.1 Å². The number of carboxylic acids is 1. The van der Waals surface area contributed by atoms with Gasteiger partial charge in [-0.2, -0.15) is 0 Å². The number of hydrogen-bond acceptors (Lipinski definition) is 4. The third-order valence-electron chi connectivity index (χ3n) is 3.04. The van der Waals surface area contributed by atoms with Gasteiger partial charge in [-0.05, 0) is 18.6 Å². The van der Waals surface area contributed by atoms with E-state index in [-0.39, 0.29) is 5.91 Å². The molecule has 1 aromatic heterocycles. The standard InChI is InChI=1S/C14H16N4O3/c1-3-12(14(20)21)18-13(8-15-17-18)10-4-6-11(7-5-10)16-9(2)19/h4-8,12H,3H2,1-2H3,(H,16,19)(H,20,21). The fourth-order valence-corrected chi connectivity index (χ4v) is 2.06. The van der Waals surface area contributed by atoms with E-state index in [9.17, 15) is 14.7 Å². The average molecular weight is 288 g/mol. The second-order valence-electron chi connectivity index (χ2n) is 4.58. The number of rotatable bonds is 5. The smallest absolute Gasteiger partial charge is 0.328 e. The van der Waals surface area contributed by atoms with Crippen molar-refractivity contribution in [2.24, 2.45) is 0 Å². The predicted octanol–water partition coefficient (Wildman–Crippen LogP) is 1.94. The Morgan fingerprint density at radius 3 is 2.52 bits per heavy atom. The Bertz CT molecular complexity index is 648. The van der Waals surface area contributed by atoms with E-state index < -0.39 is 12.0 Å². The summed E-state index contributed by atoms with van der Waals surface area (Å²) in [5.74, 6) is -1.09. The van der Waals surface area contributed by atoms with Crippen molar-refractivity contribution in [2.45, 2.75) is 26.3 Å². The molecular formula is C14H16N4O3. The van der Waals surface area contributed by atoms with Crippen molar-refractivity contribution in [1.82, 2.24) is 15.0 Å². The minimum absolute atomic E-state index is 0.147. The van der Waals surface area contributed by atoms with E-state index in [0.29, 0.717) is 17.8 Å². The Morgan fingerprint density at radius 1 is 1.33 bits per heavy atom. The highest BCUT2D eigenvalue weighted by atomic mass is 16.4. The first-order chi connectivity index (χ1) is 10.0. The molecule has 1 unspecified atom stereocenters. The van der Waals surface area contributed by atoms with Crippen LogP contribution in [0.25, 0.3) is 11.3 Å². The maximum atomic E-state index is 11.3. The molecular weight excluding hydrogens is 272 g/mol. The molecule has 110 valence electrons. The lowest BCUT2D eigenvalue weighted by atomic mass is 10.1. The van der Waals surface area contributed by atoms with Gasteiger partial charge in [0.15, 0.2) is 6.04 Å². The van der Waals surface area contributed by atoms with E-state index in [2.05, 4.69) is 15.6 Å². The van der Waals surface area contributed by atoms with E-state index in [1.807, 2.05) is 0 Å². The number of aliphatic carboxylic acids is 1. The first-order valence-electron chi connectivity index (χ1n) is 6.54. The summed E-state index contributed by atoms with van der Waals surface area (Å²) in [4.78, 5) is 22.2. The third-order valence-corrected chi connectivity index (χ3v) is 3.04. The summed E-state index contributed by atoms with van der Waals surface area (Å²) in [6, 6.07) is 6.31. The van der Waals surface area contributed by atoms with Crippen LogP contribution in [0.15, 0.2) is 30.5 Å². The Labute approximate surface area is 121 Å². The van der Waals surface area contributed by atoms with Gasteiger partial charge < -0.3 is 10.4 Å². The molecule has 7 nitrogen and oxygen atoms in total. The molecule has 0 radical (unpaired) electrons. The maximum Gasteiger partial charge on any atom is 0.328 e. The van der Waals surface area contributed by atoms with Crippen molar-refractivity contribution in [3.63, 3.8) is 0 Å². The van der Waals surface area contributed by atoms with Crippen molar-refractivity contribution in [3.8, 4) is 11.3 Å². The van der Waals surface area contributed by atoms with E-state index in [4.69, 9.17) is 0 Å². The molecule has 0 aliphatic rings. The second kappa shape index (κ2) is 6.17. The van der Waals surface area contributed by atoms with Crippen molar-refractivity contribution in [3.05, 3.63) is 30.5 Å². The largest absolute Gasteiger partial charge is 0.480 e.